The highest BCUT2D eigenvalue weighted by molar-refractivity contribution is 7.89. The topological polar surface area (TPSA) is 84.0 Å². The molecule has 2 saturated heterocycles. The second-order valence-corrected chi connectivity index (χ2v) is 9.87. The lowest BCUT2D eigenvalue weighted by atomic mass is 10.2. The van der Waals surface area contributed by atoms with Gasteiger partial charge in [0.15, 0.2) is 0 Å². The maximum Gasteiger partial charge on any atom is 0.244 e. The van der Waals surface area contributed by atoms with Gasteiger partial charge in [-0.2, -0.15) is 4.31 Å². The fourth-order valence-corrected chi connectivity index (χ4v) is 5.77. The lowest BCUT2D eigenvalue weighted by Crippen LogP contribution is -2.41. The van der Waals surface area contributed by atoms with Gasteiger partial charge < -0.3 is 14.8 Å². The highest BCUT2D eigenvalue weighted by Gasteiger charge is 2.27. The number of pyridine rings is 1. The number of anilines is 1. The van der Waals surface area contributed by atoms with Crippen molar-refractivity contribution in [1.29, 1.82) is 0 Å². The molecule has 10 heteroatoms. The average Bonchev–Trinajstić information content (AvgIpc) is 3.30. The minimum absolute atomic E-state index is 0.216. The van der Waals surface area contributed by atoms with Crippen LogP contribution >= 0.6 is 11.3 Å². The molecule has 0 amide bonds. The van der Waals surface area contributed by atoms with Crippen LogP contribution in [0.15, 0.2) is 40.7 Å². The molecule has 2 fully saturated rings. The third kappa shape index (κ3) is 4.96. The lowest BCUT2D eigenvalue weighted by Gasteiger charge is -2.34. The number of morpholine rings is 2. The fourth-order valence-electron chi connectivity index (χ4n) is 3.55. The molecule has 0 spiro atoms. The Balaban J connectivity index is 1.42. The van der Waals surface area contributed by atoms with Crippen LogP contribution in [0, 0.1) is 0 Å². The SMILES string of the molecule is O=S(=O)(c1ccc(NCC(c2cccs2)N2CCOCC2)nc1)N1CCOCC1. The van der Waals surface area contributed by atoms with Gasteiger partial charge in [0.05, 0.1) is 32.5 Å². The lowest BCUT2D eigenvalue weighted by molar-refractivity contribution is 0.0194. The second kappa shape index (κ2) is 9.50. The zero-order valence-corrected chi connectivity index (χ0v) is 17.8. The molecule has 158 valence electrons. The summed E-state index contributed by atoms with van der Waals surface area (Å²) < 4.78 is 37.6. The van der Waals surface area contributed by atoms with Crippen LogP contribution in [-0.2, 0) is 19.5 Å². The van der Waals surface area contributed by atoms with E-state index in [4.69, 9.17) is 9.47 Å². The molecule has 8 nitrogen and oxygen atoms in total. The first-order valence-corrected chi connectivity index (χ1v) is 12.1. The maximum atomic E-state index is 12.7. The number of thiophene rings is 1. The molecular weight excluding hydrogens is 412 g/mol. The average molecular weight is 439 g/mol. The molecule has 0 radical (unpaired) electrons. The Kier molecular flexibility index (Phi) is 6.78. The molecule has 0 saturated carbocycles. The van der Waals surface area contributed by atoms with E-state index >= 15 is 0 Å². The maximum absolute atomic E-state index is 12.7. The van der Waals surface area contributed by atoms with E-state index in [2.05, 4.69) is 32.7 Å². The van der Waals surface area contributed by atoms with E-state index in [-0.39, 0.29) is 10.9 Å². The van der Waals surface area contributed by atoms with Gasteiger partial charge in [0.25, 0.3) is 0 Å². The number of nitrogens with zero attached hydrogens (tertiary/aromatic N) is 3. The van der Waals surface area contributed by atoms with Crippen molar-refractivity contribution in [2.24, 2.45) is 0 Å². The Bertz CT molecular complexity index is 862. The summed E-state index contributed by atoms with van der Waals surface area (Å²) in [5.41, 5.74) is 0. The van der Waals surface area contributed by atoms with Gasteiger partial charge in [-0.1, -0.05) is 6.07 Å². The standard InChI is InChI=1S/C19H26N4O4S2/c24-29(25,23-7-11-27-12-8-23)16-3-4-19(20-14-16)21-15-17(18-2-1-13-28-18)22-5-9-26-10-6-22/h1-4,13-14,17H,5-12,15H2,(H,20,21). The van der Waals surface area contributed by atoms with Gasteiger partial charge in [0.1, 0.15) is 10.7 Å². The Morgan fingerprint density at radius 1 is 1.07 bits per heavy atom. The van der Waals surface area contributed by atoms with Crippen LogP contribution in [0.2, 0.25) is 0 Å². The Morgan fingerprint density at radius 2 is 1.79 bits per heavy atom. The van der Waals surface area contributed by atoms with E-state index in [1.54, 1.807) is 23.5 Å². The van der Waals surface area contributed by atoms with Crippen molar-refractivity contribution >= 4 is 27.2 Å². The molecule has 1 N–H and O–H groups in total. The number of sulfonamides is 1. The number of ether oxygens (including phenoxy) is 2. The van der Waals surface area contributed by atoms with Crippen LogP contribution in [0.5, 0.6) is 0 Å². The molecule has 29 heavy (non-hydrogen) atoms. The molecule has 2 aliphatic heterocycles. The summed E-state index contributed by atoms with van der Waals surface area (Å²) in [7, 11) is -3.52. The zero-order chi connectivity index (χ0) is 20.1. The van der Waals surface area contributed by atoms with Crippen LogP contribution in [0.25, 0.3) is 0 Å². The predicted molar refractivity (Wildman–Crippen MR) is 112 cm³/mol. The van der Waals surface area contributed by atoms with Crippen molar-refractivity contribution in [3.8, 4) is 0 Å². The second-order valence-electron chi connectivity index (χ2n) is 6.96. The summed E-state index contributed by atoms with van der Waals surface area (Å²) in [5.74, 6) is 0.667. The van der Waals surface area contributed by atoms with E-state index in [0.29, 0.717) is 38.7 Å². The first-order valence-electron chi connectivity index (χ1n) is 9.77. The van der Waals surface area contributed by atoms with Crippen molar-refractivity contribution in [2.75, 3.05) is 64.5 Å². The normalized spacial score (nSPS) is 20.4. The van der Waals surface area contributed by atoms with E-state index in [1.165, 1.54) is 15.4 Å². The molecule has 0 bridgehead atoms. The van der Waals surface area contributed by atoms with Crippen LogP contribution in [0.1, 0.15) is 10.9 Å². The number of hydrogen-bond donors (Lipinski definition) is 1. The predicted octanol–water partition coefficient (Wildman–Crippen LogP) is 1.65. The molecule has 0 aromatic carbocycles. The van der Waals surface area contributed by atoms with Gasteiger partial charge in [-0.05, 0) is 23.6 Å². The van der Waals surface area contributed by atoms with Gasteiger partial charge in [0, 0.05) is 43.8 Å². The van der Waals surface area contributed by atoms with Gasteiger partial charge in [-0.25, -0.2) is 13.4 Å². The molecule has 2 aromatic rings. The van der Waals surface area contributed by atoms with E-state index in [9.17, 15) is 8.42 Å². The van der Waals surface area contributed by atoms with Crippen molar-refractivity contribution in [2.45, 2.75) is 10.9 Å². The summed E-state index contributed by atoms with van der Waals surface area (Å²) in [4.78, 5) is 8.28. The molecule has 4 heterocycles. The largest absolute Gasteiger partial charge is 0.379 e. The van der Waals surface area contributed by atoms with Crippen molar-refractivity contribution in [1.82, 2.24) is 14.2 Å². The summed E-state index contributed by atoms with van der Waals surface area (Å²) in [5, 5.41) is 5.46. The van der Waals surface area contributed by atoms with Crippen LogP contribution in [-0.4, -0.2) is 81.8 Å². The first-order chi connectivity index (χ1) is 14.1. The Morgan fingerprint density at radius 3 is 2.41 bits per heavy atom. The molecule has 1 atom stereocenters. The minimum Gasteiger partial charge on any atom is -0.379 e. The number of hydrogen-bond acceptors (Lipinski definition) is 8. The molecule has 4 rings (SSSR count). The summed E-state index contributed by atoms with van der Waals surface area (Å²) >= 11 is 1.74. The Labute approximate surface area is 175 Å². The highest BCUT2D eigenvalue weighted by atomic mass is 32.2. The number of nitrogens with one attached hydrogen (secondary N) is 1. The first kappa shape index (κ1) is 20.7. The minimum atomic E-state index is -3.52. The third-order valence-corrected chi connectivity index (χ3v) is 8.03. The van der Waals surface area contributed by atoms with E-state index in [0.717, 1.165) is 26.3 Å². The van der Waals surface area contributed by atoms with Gasteiger partial charge in [-0.15, -0.1) is 11.3 Å². The van der Waals surface area contributed by atoms with Gasteiger partial charge >= 0.3 is 0 Å². The van der Waals surface area contributed by atoms with Gasteiger partial charge in [-0.3, -0.25) is 4.90 Å². The number of rotatable bonds is 7. The molecule has 0 aliphatic carbocycles. The monoisotopic (exact) mass is 438 g/mol. The summed E-state index contributed by atoms with van der Waals surface area (Å²) in [6, 6.07) is 7.81. The summed E-state index contributed by atoms with van der Waals surface area (Å²) in [6.45, 7) is 5.60. The van der Waals surface area contributed by atoms with Crippen LogP contribution < -0.4 is 5.32 Å². The molecule has 1 unspecified atom stereocenters. The molecule has 2 aromatic heterocycles. The van der Waals surface area contributed by atoms with Crippen molar-refractivity contribution < 1.29 is 17.9 Å². The van der Waals surface area contributed by atoms with Crippen LogP contribution in [0.4, 0.5) is 5.82 Å². The van der Waals surface area contributed by atoms with Crippen molar-refractivity contribution in [3.05, 3.63) is 40.7 Å². The van der Waals surface area contributed by atoms with Crippen LogP contribution in [0.3, 0.4) is 0 Å². The van der Waals surface area contributed by atoms with E-state index in [1.807, 2.05) is 0 Å². The number of aromatic nitrogens is 1. The van der Waals surface area contributed by atoms with Crippen molar-refractivity contribution in [3.63, 3.8) is 0 Å². The fraction of sp³-hybridized carbons (Fsp3) is 0.526. The molecular formula is C19H26N4O4S2. The van der Waals surface area contributed by atoms with Gasteiger partial charge in [0.2, 0.25) is 10.0 Å². The summed E-state index contributed by atoms with van der Waals surface area (Å²) in [6.07, 6.45) is 1.43. The molecule has 2 aliphatic rings. The zero-order valence-electron chi connectivity index (χ0n) is 16.2. The smallest absolute Gasteiger partial charge is 0.244 e. The highest BCUT2D eigenvalue weighted by Crippen LogP contribution is 2.26. The Hall–Kier alpha value is -1.56. The third-order valence-electron chi connectivity index (χ3n) is 5.18. The quantitative estimate of drug-likeness (QED) is 0.704. The van der Waals surface area contributed by atoms with E-state index < -0.39 is 10.0 Å².